The first kappa shape index (κ1) is 13.6. The van der Waals surface area contributed by atoms with E-state index in [-0.39, 0.29) is 24.5 Å². The van der Waals surface area contributed by atoms with Crippen LogP contribution in [0.25, 0.3) is 0 Å². The summed E-state index contributed by atoms with van der Waals surface area (Å²) in [5.41, 5.74) is 0. The number of carbonyl (C=O) groups is 2. The maximum Gasteiger partial charge on any atom is 0.323 e. The summed E-state index contributed by atoms with van der Waals surface area (Å²) < 4.78 is 9.87. The van der Waals surface area contributed by atoms with Gasteiger partial charge >= 0.3 is 5.97 Å². The lowest BCUT2D eigenvalue weighted by Crippen LogP contribution is -2.43. The van der Waals surface area contributed by atoms with Crippen LogP contribution >= 0.6 is 0 Å². The number of furan rings is 1. The van der Waals surface area contributed by atoms with E-state index >= 15 is 0 Å². The quantitative estimate of drug-likeness (QED) is 0.787. The Morgan fingerprint density at radius 2 is 2.42 bits per heavy atom. The summed E-state index contributed by atoms with van der Waals surface area (Å²) in [5, 5.41) is 2.76. The zero-order chi connectivity index (χ0) is 13.7. The molecule has 0 bridgehead atoms. The largest absolute Gasteiger partial charge is 0.468 e. The van der Waals surface area contributed by atoms with E-state index in [0.717, 1.165) is 19.4 Å². The molecule has 1 saturated heterocycles. The van der Waals surface area contributed by atoms with E-state index in [1.54, 1.807) is 18.4 Å². The molecule has 19 heavy (non-hydrogen) atoms. The molecule has 0 saturated carbocycles. The highest BCUT2D eigenvalue weighted by atomic mass is 16.5. The zero-order valence-electron chi connectivity index (χ0n) is 10.9. The fourth-order valence-corrected chi connectivity index (χ4v) is 2.26. The molecule has 1 aromatic rings. The van der Waals surface area contributed by atoms with Crippen LogP contribution < -0.4 is 5.32 Å². The molecule has 1 N–H and O–H groups in total. The summed E-state index contributed by atoms with van der Waals surface area (Å²) in [5.74, 6) is 0.322. The second kappa shape index (κ2) is 6.38. The number of ether oxygens (including phenoxy) is 1. The predicted octanol–water partition coefficient (Wildman–Crippen LogP) is 0.533. The van der Waals surface area contributed by atoms with Crippen molar-refractivity contribution < 1.29 is 18.7 Å². The third kappa shape index (κ3) is 3.57. The summed E-state index contributed by atoms with van der Waals surface area (Å²) in [6.45, 7) is 1.32. The van der Waals surface area contributed by atoms with Crippen molar-refractivity contribution in [2.24, 2.45) is 0 Å². The van der Waals surface area contributed by atoms with Crippen LogP contribution in [0.4, 0.5) is 0 Å². The summed E-state index contributed by atoms with van der Waals surface area (Å²) in [6.07, 6.45) is 3.22. The van der Waals surface area contributed by atoms with Gasteiger partial charge in [-0.25, -0.2) is 0 Å². The molecule has 0 aliphatic carbocycles. The van der Waals surface area contributed by atoms with Gasteiger partial charge in [0.15, 0.2) is 0 Å². The van der Waals surface area contributed by atoms with E-state index < -0.39 is 0 Å². The molecule has 2 heterocycles. The fraction of sp³-hybridized carbons (Fsp3) is 0.538. The van der Waals surface area contributed by atoms with Crippen molar-refractivity contribution in [3.8, 4) is 0 Å². The van der Waals surface area contributed by atoms with E-state index in [4.69, 9.17) is 9.15 Å². The highest BCUT2D eigenvalue weighted by Gasteiger charge is 2.32. The normalized spacial score (nSPS) is 19.3. The number of hydrogen-bond donors (Lipinski definition) is 1. The lowest BCUT2D eigenvalue weighted by atomic mass is 10.2. The molecular formula is C13H18N2O4. The number of hydrogen-bond acceptors (Lipinski definition) is 5. The Balaban J connectivity index is 1.79. The van der Waals surface area contributed by atoms with Crippen molar-refractivity contribution in [1.29, 1.82) is 0 Å². The van der Waals surface area contributed by atoms with Crippen LogP contribution in [0.3, 0.4) is 0 Å². The number of rotatable bonds is 5. The van der Waals surface area contributed by atoms with Crippen molar-refractivity contribution in [1.82, 2.24) is 10.2 Å². The molecule has 0 spiro atoms. The summed E-state index contributed by atoms with van der Waals surface area (Å²) >= 11 is 0. The second-order valence-corrected chi connectivity index (χ2v) is 4.51. The standard InChI is InChI=1S/C13H18N2O4/c1-18-13(17)11-5-2-6-15(11)9-12(16)14-8-10-4-3-7-19-10/h3-4,7,11H,2,5-6,8-9H2,1H3,(H,14,16). The molecule has 1 atom stereocenters. The van der Waals surface area contributed by atoms with Crippen molar-refractivity contribution >= 4 is 11.9 Å². The van der Waals surface area contributed by atoms with Crippen LogP contribution in [-0.4, -0.2) is 43.0 Å². The van der Waals surface area contributed by atoms with Gasteiger partial charge in [0, 0.05) is 0 Å². The molecule has 1 aromatic heterocycles. The van der Waals surface area contributed by atoms with Crippen molar-refractivity contribution in [3.05, 3.63) is 24.2 Å². The molecule has 6 heteroatoms. The average molecular weight is 266 g/mol. The molecule has 1 amide bonds. The van der Waals surface area contributed by atoms with E-state index in [1.807, 2.05) is 4.90 Å². The Kier molecular flexibility index (Phi) is 4.57. The Morgan fingerprint density at radius 1 is 1.58 bits per heavy atom. The molecule has 1 unspecified atom stereocenters. The van der Waals surface area contributed by atoms with E-state index in [0.29, 0.717) is 12.3 Å². The molecule has 1 fully saturated rings. The second-order valence-electron chi connectivity index (χ2n) is 4.51. The number of amides is 1. The lowest BCUT2D eigenvalue weighted by Gasteiger charge is -2.21. The van der Waals surface area contributed by atoms with Gasteiger partial charge in [-0.15, -0.1) is 0 Å². The number of methoxy groups -OCH3 is 1. The van der Waals surface area contributed by atoms with Crippen LogP contribution in [0.15, 0.2) is 22.8 Å². The summed E-state index contributed by atoms with van der Waals surface area (Å²) in [6, 6.07) is 3.28. The minimum Gasteiger partial charge on any atom is -0.468 e. The number of esters is 1. The van der Waals surface area contributed by atoms with Crippen LogP contribution in [0, 0.1) is 0 Å². The first-order valence-electron chi connectivity index (χ1n) is 6.31. The van der Waals surface area contributed by atoms with Crippen LogP contribution in [0.1, 0.15) is 18.6 Å². The van der Waals surface area contributed by atoms with Gasteiger partial charge in [-0.1, -0.05) is 0 Å². The fourth-order valence-electron chi connectivity index (χ4n) is 2.26. The number of nitrogens with zero attached hydrogens (tertiary/aromatic N) is 1. The minimum absolute atomic E-state index is 0.118. The molecule has 1 aliphatic rings. The van der Waals surface area contributed by atoms with Gasteiger partial charge in [-0.3, -0.25) is 14.5 Å². The summed E-state index contributed by atoms with van der Waals surface area (Å²) in [4.78, 5) is 25.2. The zero-order valence-corrected chi connectivity index (χ0v) is 10.9. The molecule has 104 valence electrons. The van der Waals surface area contributed by atoms with Crippen LogP contribution in [0.2, 0.25) is 0 Å². The van der Waals surface area contributed by atoms with Gasteiger partial charge in [-0.2, -0.15) is 0 Å². The Morgan fingerprint density at radius 3 is 3.11 bits per heavy atom. The maximum atomic E-state index is 11.8. The molecular weight excluding hydrogens is 248 g/mol. The van der Waals surface area contributed by atoms with E-state index in [9.17, 15) is 9.59 Å². The Labute approximate surface area is 111 Å². The SMILES string of the molecule is COC(=O)C1CCCN1CC(=O)NCc1ccco1. The van der Waals surface area contributed by atoms with Crippen LogP contribution in [0.5, 0.6) is 0 Å². The molecule has 2 rings (SSSR count). The Hall–Kier alpha value is -1.82. The predicted molar refractivity (Wildman–Crippen MR) is 67.2 cm³/mol. The maximum absolute atomic E-state index is 11.8. The molecule has 6 nitrogen and oxygen atoms in total. The van der Waals surface area contributed by atoms with E-state index in [2.05, 4.69) is 5.32 Å². The third-order valence-electron chi connectivity index (χ3n) is 3.22. The Bertz CT molecular complexity index is 430. The molecule has 0 radical (unpaired) electrons. The monoisotopic (exact) mass is 266 g/mol. The number of likely N-dealkylation sites (tertiary alicyclic amines) is 1. The summed E-state index contributed by atoms with van der Waals surface area (Å²) in [7, 11) is 1.37. The van der Waals surface area contributed by atoms with Gasteiger partial charge < -0.3 is 14.5 Å². The van der Waals surface area contributed by atoms with E-state index in [1.165, 1.54) is 7.11 Å². The van der Waals surface area contributed by atoms with Gasteiger partial charge in [0.2, 0.25) is 5.91 Å². The highest BCUT2D eigenvalue weighted by Crippen LogP contribution is 2.17. The van der Waals surface area contributed by atoms with Gasteiger partial charge in [0.05, 0.1) is 26.5 Å². The first-order chi connectivity index (χ1) is 9.20. The number of carbonyl (C=O) groups excluding carboxylic acids is 2. The van der Waals surface area contributed by atoms with Gasteiger partial charge in [0.25, 0.3) is 0 Å². The lowest BCUT2D eigenvalue weighted by molar-refractivity contribution is -0.146. The number of nitrogens with one attached hydrogen (secondary N) is 1. The minimum atomic E-state index is -0.292. The van der Waals surface area contributed by atoms with Gasteiger partial charge in [0.1, 0.15) is 11.8 Å². The topological polar surface area (TPSA) is 71.8 Å². The van der Waals surface area contributed by atoms with Crippen LogP contribution in [-0.2, 0) is 20.9 Å². The molecule has 0 aromatic carbocycles. The first-order valence-corrected chi connectivity index (χ1v) is 6.31. The molecule has 1 aliphatic heterocycles. The van der Waals surface area contributed by atoms with Gasteiger partial charge in [-0.05, 0) is 31.5 Å². The average Bonchev–Trinajstić information content (AvgIpc) is 3.06. The van der Waals surface area contributed by atoms with Crippen molar-refractivity contribution in [2.45, 2.75) is 25.4 Å². The third-order valence-corrected chi connectivity index (χ3v) is 3.22. The highest BCUT2D eigenvalue weighted by molar-refractivity contribution is 5.80. The van der Waals surface area contributed by atoms with Crippen molar-refractivity contribution in [3.63, 3.8) is 0 Å². The smallest absolute Gasteiger partial charge is 0.323 e. The van der Waals surface area contributed by atoms with Crippen molar-refractivity contribution in [2.75, 3.05) is 20.2 Å².